The molecule has 0 bridgehead atoms. The molecule has 1 aromatic carbocycles. The number of furan rings is 1. The number of imide groups is 1. The van der Waals surface area contributed by atoms with Gasteiger partial charge in [-0.05, 0) is 56.7 Å². The van der Waals surface area contributed by atoms with Crippen molar-refractivity contribution in [1.29, 1.82) is 0 Å². The van der Waals surface area contributed by atoms with Crippen molar-refractivity contribution in [1.82, 2.24) is 10.3 Å². The number of benzene rings is 1. The summed E-state index contributed by atoms with van der Waals surface area (Å²) >= 11 is 0. The van der Waals surface area contributed by atoms with Crippen molar-refractivity contribution in [3.05, 3.63) is 88.9 Å². The molecule has 0 spiro atoms. The van der Waals surface area contributed by atoms with Crippen molar-refractivity contribution >= 4 is 29.5 Å². The predicted octanol–water partition coefficient (Wildman–Crippen LogP) is 4.86. The lowest BCUT2D eigenvalue weighted by atomic mass is 10.0. The van der Waals surface area contributed by atoms with Gasteiger partial charge < -0.3 is 4.42 Å². The van der Waals surface area contributed by atoms with Gasteiger partial charge in [0.2, 0.25) is 0 Å². The number of amides is 3. The van der Waals surface area contributed by atoms with E-state index in [2.05, 4.69) is 17.0 Å². The molecule has 4 rings (SSSR count). The Kier molecular flexibility index (Phi) is 5.79. The minimum atomic E-state index is -0.425. The molecule has 2 aliphatic heterocycles. The number of hydrogen-bond acceptors (Lipinski definition) is 5. The topological polar surface area (TPSA) is 92.0 Å². The highest BCUT2D eigenvalue weighted by Crippen LogP contribution is 2.29. The maximum absolute atomic E-state index is 13.0. The van der Waals surface area contributed by atoms with E-state index in [0.717, 1.165) is 12.0 Å². The number of nitrogens with zero attached hydrogens (tertiary/aromatic N) is 2. The minimum absolute atomic E-state index is 0.252. The maximum atomic E-state index is 13.0. The minimum Gasteiger partial charge on any atom is -0.457 e. The maximum Gasteiger partial charge on any atom is 0.280 e. The molecule has 0 saturated carbocycles. The summed E-state index contributed by atoms with van der Waals surface area (Å²) in [4.78, 5) is 36.7. The lowest BCUT2D eigenvalue weighted by Crippen LogP contribution is -2.20. The fourth-order valence-electron chi connectivity index (χ4n) is 3.52. The van der Waals surface area contributed by atoms with Crippen molar-refractivity contribution in [2.75, 3.05) is 0 Å². The largest absolute Gasteiger partial charge is 0.457 e. The van der Waals surface area contributed by atoms with E-state index in [-0.39, 0.29) is 5.91 Å². The molecule has 2 aromatic rings. The number of nitrogens with one attached hydrogen (secondary N) is 1. The number of allylic oxidation sites excluding steroid dienone is 4. The molecule has 33 heavy (non-hydrogen) atoms. The second-order valence-corrected chi connectivity index (χ2v) is 7.66. The highest BCUT2D eigenvalue weighted by atomic mass is 16.3. The summed E-state index contributed by atoms with van der Waals surface area (Å²) in [5.74, 6) is -0.0880. The zero-order valence-corrected chi connectivity index (χ0v) is 18.6. The van der Waals surface area contributed by atoms with Crippen LogP contribution in [-0.2, 0) is 4.79 Å². The quantitative estimate of drug-likeness (QED) is 0.394. The standard InChI is InChI=1S/C26H23N3O4/c1-5-15(3)7-9-18(6-2)29-26(32)21(16(4)28-29)14-19-10-12-23(33-19)17-8-11-20-22(13-17)25(31)27-24(20)30/h6-14H,3,5H2,1-2,4H3,(H,27,30,31). The van der Waals surface area contributed by atoms with E-state index in [9.17, 15) is 14.4 Å². The second-order valence-electron chi connectivity index (χ2n) is 7.66. The van der Waals surface area contributed by atoms with E-state index < -0.39 is 11.8 Å². The molecule has 0 fully saturated rings. The third kappa shape index (κ3) is 4.13. The lowest BCUT2D eigenvalue weighted by molar-refractivity contribution is -0.123. The normalized spacial score (nSPS) is 17.2. The number of carbonyl (C=O) groups is 3. The summed E-state index contributed by atoms with van der Waals surface area (Å²) in [6.07, 6.45) is 7.98. The van der Waals surface area contributed by atoms with Gasteiger partial charge in [0.05, 0.1) is 28.1 Å². The van der Waals surface area contributed by atoms with E-state index >= 15 is 0 Å². The molecule has 0 aliphatic carbocycles. The Morgan fingerprint density at radius 3 is 2.61 bits per heavy atom. The Bertz CT molecular complexity index is 1320. The van der Waals surface area contributed by atoms with Crippen molar-refractivity contribution in [2.45, 2.75) is 27.2 Å². The molecule has 7 nitrogen and oxygen atoms in total. The third-order valence-corrected chi connectivity index (χ3v) is 5.48. The van der Waals surface area contributed by atoms with E-state index in [1.165, 1.54) is 5.01 Å². The van der Waals surface area contributed by atoms with E-state index in [1.807, 2.05) is 32.1 Å². The Labute approximate surface area is 191 Å². The van der Waals surface area contributed by atoms with Gasteiger partial charge in [-0.3, -0.25) is 19.7 Å². The lowest BCUT2D eigenvalue weighted by Gasteiger charge is -2.12. The Balaban J connectivity index is 1.58. The van der Waals surface area contributed by atoms with Crippen LogP contribution in [0.15, 0.2) is 81.5 Å². The summed E-state index contributed by atoms with van der Waals surface area (Å²) < 4.78 is 5.91. The van der Waals surface area contributed by atoms with Crippen LogP contribution in [0, 0.1) is 0 Å². The van der Waals surface area contributed by atoms with Gasteiger partial charge in [-0.25, -0.2) is 0 Å². The van der Waals surface area contributed by atoms with Crippen LogP contribution in [0.3, 0.4) is 0 Å². The number of hydrogen-bond donors (Lipinski definition) is 1. The zero-order valence-electron chi connectivity index (χ0n) is 18.6. The van der Waals surface area contributed by atoms with Crippen LogP contribution in [0.25, 0.3) is 17.4 Å². The number of fused-ring (bicyclic) bond motifs is 1. The molecular weight excluding hydrogens is 418 g/mol. The molecule has 2 aliphatic rings. The fourth-order valence-corrected chi connectivity index (χ4v) is 3.52. The highest BCUT2D eigenvalue weighted by molar-refractivity contribution is 6.27. The average Bonchev–Trinajstić information content (AvgIpc) is 3.47. The first-order valence-electron chi connectivity index (χ1n) is 10.6. The molecule has 166 valence electrons. The Morgan fingerprint density at radius 2 is 1.88 bits per heavy atom. The number of rotatable bonds is 6. The molecule has 3 heterocycles. The van der Waals surface area contributed by atoms with Crippen LogP contribution < -0.4 is 5.32 Å². The molecule has 0 atom stereocenters. The third-order valence-electron chi connectivity index (χ3n) is 5.48. The van der Waals surface area contributed by atoms with Gasteiger partial charge in [0.15, 0.2) is 0 Å². The molecule has 1 N–H and O–H groups in total. The Morgan fingerprint density at radius 1 is 1.12 bits per heavy atom. The molecule has 3 amide bonds. The first-order valence-corrected chi connectivity index (χ1v) is 10.6. The summed E-state index contributed by atoms with van der Waals surface area (Å²) in [6.45, 7) is 9.58. The van der Waals surface area contributed by atoms with E-state index in [4.69, 9.17) is 4.42 Å². The van der Waals surface area contributed by atoms with Gasteiger partial charge in [-0.2, -0.15) is 10.1 Å². The Hall–Kier alpha value is -4.26. The highest BCUT2D eigenvalue weighted by Gasteiger charge is 2.30. The van der Waals surface area contributed by atoms with Gasteiger partial charge in [0, 0.05) is 5.56 Å². The van der Waals surface area contributed by atoms with E-state index in [1.54, 1.807) is 43.3 Å². The van der Waals surface area contributed by atoms with Gasteiger partial charge >= 0.3 is 0 Å². The van der Waals surface area contributed by atoms with Gasteiger partial charge in [0.1, 0.15) is 11.5 Å². The van der Waals surface area contributed by atoms with Crippen molar-refractivity contribution < 1.29 is 18.8 Å². The van der Waals surface area contributed by atoms with Crippen LogP contribution in [0.4, 0.5) is 0 Å². The first kappa shape index (κ1) is 22.0. The molecule has 0 radical (unpaired) electrons. The van der Waals surface area contributed by atoms with E-state index in [0.29, 0.717) is 45.2 Å². The van der Waals surface area contributed by atoms with Crippen LogP contribution in [-0.4, -0.2) is 28.4 Å². The van der Waals surface area contributed by atoms with Crippen molar-refractivity contribution in [2.24, 2.45) is 5.10 Å². The summed E-state index contributed by atoms with van der Waals surface area (Å²) in [5.41, 5.74) is 3.93. The van der Waals surface area contributed by atoms with Gasteiger partial charge in [-0.15, -0.1) is 0 Å². The first-order chi connectivity index (χ1) is 15.8. The predicted molar refractivity (Wildman–Crippen MR) is 126 cm³/mol. The molecule has 7 heteroatoms. The summed E-state index contributed by atoms with van der Waals surface area (Å²) in [7, 11) is 0. The van der Waals surface area contributed by atoms with Crippen LogP contribution in [0.2, 0.25) is 0 Å². The van der Waals surface area contributed by atoms with Crippen LogP contribution in [0.5, 0.6) is 0 Å². The smallest absolute Gasteiger partial charge is 0.280 e. The molecular formula is C26H23N3O4. The fraction of sp³-hybridized carbons (Fsp3) is 0.154. The number of carbonyl (C=O) groups excluding carboxylic acids is 3. The van der Waals surface area contributed by atoms with Crippen LogP contribution >= 0.6 is 0 Å². The summed E-state index contributed by atoms with van der Waals surface area (Å²) in [6, 6.07) is 8.43. The molecule has 1 aromatic heterocycles. The molecule has 0 saturated heterocycles. The molecule has 0 unspecified atom stereocenters. The average molecular weight is 441 g/mol. The summed E-state index contributed by atoms with van der Waals surface area (Å²) in [5, 5.41) is 8.04. The number of hydrazone groups is 1. The zero-order chi connectivity index (χ0) is 23.7. The van der Waals surface area contributed by atoms with Crippen molar-refractivity contribution in [3.8, 4) is 11.3 Å². The SMILES string of the molecule is C=C(C=CC(=CC)N1N=C(C)C(=Cc2ccc(-c3ccc4c(c3)C(=O)NC4=O)o2)C1=O)CC. The van der Waals surface area contributed by atoms with Gasteiger partial charge in [0.25, 0.3) is 17.7 Å². The van der Waals surface area contributed by atoms with Gasteiger partial charge in [-0.1, -0.05) is 37.3 Å². The van der Waals surface area contributed by atoms with Crippen LogP contribution in [0.1, 0.15) is 53.7 Å². The van der Waals surface area contributed by atoms with Crippen molar-refractivity contribution in [3.63, 3.8) is 0 Å². The monoisotopic (exact) mass is 441 g/mol. The second kappa shape index (κ2) is 8.70.